The normalized spacial score (nSPS) is 18.9. The van der Waals surface area contributed by atoms with Crippen LogP contribution in [0.2, 0.25) is 0 Å². The molecule has 0 aliphatic carbocycles. The molecule has 0 aromatic heterocycles. The number of hydrogen-bond acceptors (Lipinski definition) is 3. The number of fused-ring (bicyclic) bond motifs is 1. The van der Waals surface area contributed by atoms with Gasteiger partial charge in [-0.1, -0.05) is 0 Å². The summed E-state index contributed by atoms with van der Waals surface area (Å²) in [5, 5.41) is 12.6. The Hall–Kier alpha value is -1.98. The standard InChI is InChI=1S/C8H5FN2O3/c9-7-5-2-1-4(11(13)14)3-6(5)10-8(7)12/h1-3,7H,(H,10,12)/t7-/m0/s1. The Morgan fingerprint density at radius 1 is 1.50 bits per heavy atom. The largest absolute Gasteiger partial charge is 0.323 e. The van der Waals surface area contributed by atoms with Crippen LogP contribution in [0.1, 0.15) is 11.7 Å². The van der Waals surface area contributed by atoms with Crippen LogP contribution < -0.4 is 5.32 Å². The van der Waals surface area contributed by atoms with E-state index in [2.05, 4.69) is 5.32 Å². The van der Waals surface area contributed by atoms with Crippen molar-refractivity contribution in [3.05, 3.63) is 33.9 Å². The van der Waals surface area contributed by atoms with Crippen LogP contribution in [0.3, 0.4) is 0 Å². The number of non-ortho nitro benzene ring substituents is 1. The number of carbonyl (C=O) groups excluding carboxylic acids is 1. The number of hydrogen-bond donors (Lipinski definition) is 1. The first-order valence-electron chi connectivity index (χ1n) is 3.83. The molecule has 6 heteroatoms. The molecule has 72 valence electrons. The Morgan fingerprint density at radius 3 is 2.86 bits per heavy atom. The molecule has 2 rings (SSSR count). The van der Waals surface area contributed by atoms with Gasteiger partial charge in [-0.15, -0.1) is 0 Å². The topological polar surface area (TPSA) is 72.2 Å². The number of nitrogens with zero attached hydrogens (tertiary/aromatic N) is 1. The van der Waals surface area contributed by atoms with E-state index in [0.717, 1.165) is 6.07 Å². The molecule has 1 aromatic rings. The number of benzene rings is 1. The van der Waals surface area contributed by atoms with Gasteiger partial charge < -0.3 is 5.32 Å². The lowest BCUT2D eigenvalue weighted by atomic mass is 10.1. The maximum Gasteiger partial charge on any atom is 0.271 e. The van der Waals surface area contributed by atoms with Gasteiger partial charge in [-0.2, -0.15) is 0 Å². The van der Waals surface area contributed by atoms with Crippen molar-refractivity contribution in [1.29, 1.82) is 0 Å². The molecule has 0 unspecified atom stereocenters. The number of anilines is 1. The monoisotopic (exact) mass is 196 g/mol. The highest BCUT2D eigenvalue weighted by atomic mass is 19.1. The molecule has 5 nitrogen and oxygen atoms in total. The van der Waals surface area contributed by atoms with Crippen LogP contribution in [0, 0.1) is 10.1 Å². The first kappa shape index (κ1) is 8.61. The molecule has 0 radical (unpaired) electrons. The van der Waals surface area contributed by atoms with Gasteiger partial charge in [0.2, 0.25) is 6.17 Å². The van der Waals surface area contributed by atoms with Gasteiger partial charge in [-0.3, -0.25) is 14.9 Å². The second kappa shape index (κ2) is 2.76. The zero-order valence-corrected chi connectivity index (χ0v) is 6.86. The lowest BCUT2D eigenvalue weighted by molar-refractivity contribution is -0.384. The van der Waals surface area contributed by atoms with Gasteiger partial charge in [0.25, 0.3) is 11.6 Å². The van der Waals surface area contributed by atoms with E-state index in [1.165, 1.54) is 12.1 Å². The Morgan fingerprint density at radius 2 is 2.21 bits per heavy atom. The van der Waals surface area contributed by atoms with Crippen molar-refractivity contribution < 1.29 is 14.1 Å². The molecular weight excluding hydrogens is 191 g/mol. The Bertz CT molecular complexity index is 433. The molecule has 0 bridgehead atoms. The number of nitro benzene ring substituents is 1. The molecule has 0 saturated heterocycles. The molecule has 1 heterocycles. The third kappa shape index (κ3) is 1.12. The predicted octanol–water partition coefficient (Wildman–Crippen LogP) is 1.56. The van der Waals surface area contributed by atoms with Gasteiger partial charge in [-0.25, -0.2) is 4.39 Å². The number of amides is 1. The summed E-state index contributed by atoms with van der Waals surface area (Å²) in [5.74, 6) is -0.777. The van der Waals surface area contributed by atoms with Crippen molar-refractivity contribution in [2.75, 3.05) is 5.32 Å². The fourth-order valence-electron chi connectivity index (χ4n) is 1.32. The number of halogens is 1. The molecule has 0 saturated carbocycles. The van der Waals surface area contributed by atoms with Crippen LogP contribution >= 0.6 is 0 Å². The highest BCUT2D eigenvalue weighted by Crippen LogP contribution is 2.35. The van der Waals surface area contributed by atoms with E-state index in [1.807, 2.05) is 0 Å². The maximum absolute atomic E-state index is 13.1. The van der Waals surface area contributed by atoms with Gasteiger partial charge in [-0.05, 0) is 6.07 Å². The van der Waals surface area contributed by atoms with Crippen molar-refractivity contribution in [2.24, 2.45) is 0 Å². The molecule has 1 amide bonds. The molecule has 0 fully saturated rings. The molecule has 14 heavy (non-hydrogen) atoms. The smallest absolute Gasteiger partial charge is 0.271 e. The summed E-state index contributed by atoms with van der Waals surface area (Å²) in [6, 6.07) is 3.56. The Balaban J connectivity index is 2.49. The summed E-state index contributed by atoms with van der Waals surface area (Å²) < 4.78 is 13.1. The van der Waals surface area contributed by atoms with Crippen molar-refractivity contribution >= 4 is 17.3 Å². The minimum Gasteiger partial charge on any atom is -0.323 e. The number of nitro groups is 1. The first-order valence-corrected chi connectivity index (χ1v) is 3.83. The number of carbonyl (C=O) groups is 1. The molecule has 1 aromatic carbocycles. The summed E-state index contributed by atoms with van der Waals surface area (Å²) in [5.41, 5.74) is 0.162. The van der Waals surface area contributed by atoms with E-state index in [0.29, 0.717) is 0 Å². The highest BCUT2D eigenvalue weighted by molar-refractivity contribution is 6.02. The summed E-state index contributed by atoms with van der Waals surface area (Å²) >= 11 is 0. The highest BCUT2D eigenvalue weighted by Gasteiger charge is 2.31. The predicted molar refractivity (Wildman–Crippen MR) is 45.6 cm³/mol. The van der Waals surface area contributed by atoms with E-state index < -0.39 is 17.0 Å². The number of rotatable bonds is 1. The lowest BCUT2D eigenvalue weighted by Crippen LogP contribution is -2.07. The minimum absolute atomic E-state index is 0.153. The van der Waals surface area contributed by atoms with Crippen LogP contribution in [0.5, 0.6) is 0 Å². The summed E-state index contributed by atoms with van der Waals surface area (Å²) in [6.07, 6.45) is -1.72. The van der Waals surface area contributed by atoms with Crippen LogP contribution in [-0.4, -0.2) is 10.8 Å². The first-order chi connectivity index (χ1) is 6.59. The van der Waals surface area contributed by atoms with Crippen molar-refractivity contribution in [3.8, 4) is 0 Å². The Labute approximate surface area is 77.7 Å². The van der Waals surface area contributed by atoms with Gasteiger partial charge in [0.15, 0.2) is 0 Å². The second-order valence-corrected chi connectivity index (χ2v) is 2.88. The van der Waals surface area contributed by atoms with Gasteiger partial charge in [0.05, 0.1) is 10.6 Å². The van der Waals surface area contributed by atoms with E-state index in [-0.39, 0.29) is 16.9 Å². The fourth-order valence-corrected chi connectivity index (χ4v) is 1.32. The summed E-state index contributed by atoms with van der Waals surface area (Å²) in [7, 11) is 0. The number of alkyl halides is 1. The van der Waals surface area contributed by atoms with Crippen LogP contribution in [0.4, 0.5) is 15.8 Å². The van der Waals surface area contributed by atoms with Gasteiger partial charge in [0, 0.05) is 17.7 Å². The van der Waals surface area contributed by atoms with Gasteiger partial charge >= 0.3 is 0 Å². The maximum atomic E-state index is 13.1. The third-order valence-electron chi connectivity index (χ3n) is 2.01. The van der Waals surface area contributed by atoms with E-state index in [4.69, 9.17) is 0 Å². The molecule has 1 atom stereocenters. The molecular formula is C8H5FN2O3. The van der Waals surface area contributed by atoms with E-state index >= 15 is 0 Å². The lowest BCUT2D eigenvalue weighted by Gasteiger charge is -1.97. The fraction of sp³-hybridized carbons (Fsp3) is 0.125. The Kier molecular flexibility index (Phi) is 1.70. The molecule has 1 aliphatic rings. The van der Waals surface area contributed by atoms with Crippen molar-refractivity contribution in [2.45, 2.75) is 6.17 Å². The average molecular weight is 196 g/mol. The van der Waals surface area contributed by atoms with E-state index in [1.54, 1.807) is 0 Å². The van der Waals surface area contributed by atoms with Gasteiger partial charge in [0.1, 0.15) is 0 Å². The van der Waals surface area contributed by atoms with Crippen molar-refractivity contribution in [3.63, 3.8) is 0 Å². The van der Waals surface area contributed by atoms with Crippen LogP contribution in [-0.2, 0) is 4.79 Å². The summed E-state index contributed by atoms with van der Waals surface area (Å²) in [6.45, 7) is 0. The zero-order chi connectivity index (χ0) is 10.3. The molecule has 1 N–H and O–H groups in total. The van der Waals surface area contributed by atoms with Crippen LogP contribution in [0.25, 0.3) is 0 Å². The third-order valence-corrected chi connectivity index (χ3v) is 2.01. The van der Waals surface area contributed by atoms with Crippen molar-refractivity contribution in [1.82, 2.24) is 0 Å². The minimum atomic E-state index is -1.72. The number of nitrogens with one attached hydrogen (secondary N) is 1. The van der Waals surface area contributed by atoms with E-state index in [9.17, 15) is 19.3 Å². The quantitative estimate of drug-likeness (QED) is 0.547. The molecule has 0 spiro atoms. The second-order valence-electron chi connectivity index (χ2n) is 2.88. The summed E-state index contributed by atoms with van der Waals surface area (Å²) in [4.78, 5) is 20.6. The SMILES string of the molecule is O=C1Nc2cc([N+](=O)[O-])ccc2[C@@H]1F. The average Bonchev–Trinajstić information content (AvgIpc) is 2.42. The zero-order valence-electron chi connectivity index (χ0n) is 6.86. The van der Waals surface area contributed by atoms with Crippen LogP contribution in [0.15, 0.2) is 18.2 Å². The molecule has 1 aliphatic heterocycles.